The molecule has 0 aliphatic rings. The van der Waals surface area contributed by atoms with Gasteiger partial charge in [0.05, 0.1) is 16.1 Å². The Morgan fingerprint density at radius 3 is 0.966 bits per heavy atom. The van der Waals surface area contributed by atoms with Crippen molar-refractivity contribution in [1.29, 1.82) is 0 Å². The summed E-state index contributed by atoms with van der Waals surface area (Å²) in [5.74, 6) is 0. The zero-order valence-electron chi connectivity index (χ0n) is 20.7. The van der Waals surface area contributed by atoms with Crippen molar-refractivity contribution in [3.63, 3.8) is 0 Å². The molecule has 2 rings (SSSR count). The molecule has 0 amide bonds. The molecular weight excluding hydrogens is 507 g/mol. The standard InChI is InChI=1S/2C12H21Si.2ClH.Zr/c2*1-12(2,3)10-8-7-9-11(10)13(4,5)6;;;/h2*7-9H,1-6H3;2*1H;/q2*-1;;;+4/p-2. The average Bonchev–Trinajstić information content (AvgIpc) is 3.06. The van der Waals surface area contributed by atoms with E-state index in [2.05, 4.69) is 117 Å². The Morgan fingerprint density at radius 1 is 0.586 bits per heavy atom. The van der Waals surface area contributed by atoms with Crippen LogP contribution in [0.15, 0.2) is 36.4 Å². The van der Waals surface area contributed by atoms with Crippen LogP contribution in [0.4, 0.5) is 0 Å². The largest absolute Gasteiger partial charge is 4.00 e. The Kier molecular flexibility index (Phi) is 14.2. The summed E-state index contributed by atoms with van der Waals surface area (Å²) in [5, 5.41) is 3.25. The molecule has 0 unspecified atom stereocenters. The molecule has 0 bridgehead atoms. The molecule has 0 spiro atoms. The van der Waals surface area contributed by atoms with Crippen molar-refractivity contribution < 1.29 is 51.0 Å². The van der Waals surface area contributed by atoms with E-state index in [1.807, 2.05) is 0 Å². The van der Waals surface area contributed by atoms with Gasteiger partial charge in [-0.05, 0) is 0 Å². The zero-order valence-corrected chi connectivity index (χ0v) is 26.7. The fourth-order valence-electron chi connectivity index (χ4n) is 3.46. The second-order valence-corrected chi connectivity index (χ2v) is 21.8. The van der Waals surface area contributed by atoms with Crippen LogP contribution in [-0.4, -0.2) is 16.1 Å². The maximum absolute atomic E-state index is 2.41. The average molecular weight is 549 g/mol. The predicted octanol–water partition coefficient (Wildman–Crippen LogP) is 0.502. The Labute approximate surface area is 215 Å². The normalized spacial score (nSPS) is 12.0. The van der Waals surface area contributed by atoms with E-state index in [1.54, 1.807) is 21.5 Å². The SMILES string of the molecule is CC(C)(C)[c-]1cccc1[Si](C)(C)C.CC(C)(C)[c-]1cccc1[Si](C)(C)C.[Cl-].[Cl-].[Zr+4]. The van der Waals surface area contributed by atoms with E-state index in [1.165, 1.54) is 0 Å². The van der Waals surface area contributed by atoms with E-state index in [0.717, 1.165) is 0 Å². The Hall–Kier alpha value is 0.597. The van der Waals surface area contributed by atoms with E-state index >= 15 is 0 Å². The Morgan fingerprint density at radius 2 is 0.828 bits per heavy atom. The van der Waals surface area contributed by atoms with Gasteiger partial charge in [0.15, 0.2) is 0 Å². The monoisotopic (exact) mass is 546 g/mol. The molecule has 0 aliphatic heterocycles. The van der Waals surface area contributed by atoms with Crippen LogP contribution < -0.4 is 35.2 Å². The minimum Gasteiger partial charge on any atom is -1.00 e. The van der Waals surface area contributed by atoms with Gasteiger partial charge in [0.2, 0.25) is 0 Å². The van der Waals surface area contributed by atoms with Gasteiger partial charge in [-0.25, -0.2) is 24.3 Å². The molecule has 2 aromatic rings. The van der Waals surface area contributed by atoms with Crippen LogP contribution in [-0.2, 0) is 37.0 Å². The van der Waals surface area contributed by atoms with Crippen LogP contribution in [0, 0.1) is 0 Å². The van der Waals surface area contributed by atoms with Gasteiger partial charge in [-0.1, -0.05) is 91.7 Å². The summed E-state index contributed by atoms with van der Waals surface area (Å²) < 4.78 is 0. The molecule has 5 heteroatoms. The topological polar surface area (TPSA) is 0 Å². The van der Waals surface area contributed by atoms with E-state index in [4.69, 9.17) is 0 Å². The maximum atomic E-state index is 2.41. The maximum Gasteiger partial charge on any atom is 4.00 e. The summed E-state index contributed by atoms with van der Waals surface area (Å²) in [6, 6.07) is 13.6. The van der Waals surface area contributed by atoms with Crippen molar-refractivity contribution in [3.8, 4) is 0 Å². The first-order chi connectivity index (χ1) is 11.5. The third kappa shape index (κ3) is 10.2. The summed E-state index contributed by atoms with van der Waals surface area (Å²) in [6.07, 6.45) is 0. The molecule has 0 atom stereocenters. The molecule has 0 heterocycles. The number of halogens is 2. The summed E-state index contributed by atoms with van der Waals surface area (Å²) in [6.45, 7) is 28.3. The third-order valence-corrected chi connectivity index (χ3v) is 8.97. The molecular formula is C24H42Cl2Si2Zr. The quantitative estimate of drug-likeness (QED) is 0.379. The van der Waals surface area contributed by atoms with Crippen molar-refractivity contribution >= 4 is 26.5 Å². The first-order valence-corrected chi connectivity index (χ1v) is 17.0. The minimum absolute atomic E-state index is 0. The predicted molar refractivity (Wildman–Crippen MR) is 127 cm³/mol. The second kappa shape index (κ2) is 12.0. The van der Waals surface area contributed by atoms with Crippen molar-refractivity contribution in [3.05, 3.63) is 47.5 Å². The second-order valence-electron chi connectivity index (χ2n) is 11.7. The molecule has 2 aromatic carbocycles. The number of hydrogen-bond acceptors (Lipinski definition) is 0. The van der Waals surface area contributed by atoms with Crippen molar-refractivity contribution in [1.82, 2.24) is 0 Å². The molecule has 0 nitrogen and oxygen atoms in total. The summed E-state index contributed by atoms with van der Waals surface area (Å²) in [7, 11) is -2.27. The van der Waals surface area contributed by atoms with Gasteiger partial charge >= 0.3 is 26.2 Å². The Balaban J connectivity index is -0.000000422. The van der Waals surface area contributed by atoms with Crippen LogP contribution in [0.1, 0.15) is 52.7 Å². The summed E-state index contributed by atoms with van der Waals surface area (Å²) >= 11 is 0. The number of rotatable bonds is 2. The van der Waals surface area contributed by atoms with Gasteiger partial charge in [-0.15, -0.1) is 0 Å². The van der Waals surface area contributed by atoms with Gasteiger partial charge in [-0.3, -0.25) is 0 Å². The van der Waals surface area contributed by atoms with Crippen molar-refractivity contribution in [2.24, 2.45) is 0 Å². The fraction of sp³-hybridized carbons (Fsp3) is 0.583. The van der Waals surface area contributed by atoms with E-state index in [-0.39, 0.29) is 51.0 Å². The molecule has 0 fully saturated rings. The van der Waals surface area contributed by atoms with Crippen molar-refractivity contribution in [2.45, 2.75) is 91.7 Å². The number of hydrogen-bond donors (Lipinski definition) is 0. The van der Waals surface area contributed by atoms with Gasteiger partial charge in [0.25, 0.3) is 0 Å². The third-order valence-electron chi connectivity index (χ3n) is 4.86. The van der Waals surface area contributed by atoms with Gasteiger partial charge in [0.1, 0.15) is 0 Å². The molecule has 0 aromatic heterocycles. The van der Waals surface area contributed by atoms with Crippen LogP contribution in [0.5, 0.6) is 0 Å². The molecule has 0 radical (unpaired) electrons. The molecule has 164 valence electrons. The molecule has 29 heavy (non-hydrogen) atoms. The fourth-order valence-corrected chi connectivity index (χ4v) is 7.18. The summed E-state index contributed by atoms with van der Waals surface area (Å²) in [5.41, 5.74) is 3.71. The zero-order chi connectivity index (χ0) is 20.6. The Bertz CT molecular complexity index is 584. The van der Waals surface area contributed by atoms with Crippen LogP contribution in [0.25, 0.3) is 0 Å². The smallest absolute Gasteiger partial charge is 1.00 e. The van der Waals surface area contributed by atoms with Crippen molar-refractivity contribution in [2.75, 3.05) is 0 Å². The van der Waals surface area contributed by atoms with Gasteiger partial charge in [-0.2, -0.15) is 33.6 Å². The van der Waals surface area contributed by atoms with Crippen LogP contribution >= 0.6 is 0 Å². The summed E-state index contributed by atoms with van der Waals surface area (Å²) in [4.78, 5) is 0. The molecule has 0 N–H and O–H groups in total. The van der Waals surface area contributed by atoms with Gasteiger partial charge in [0, 0.05) is 0 Å². The molecule has 0 aliphatic carbocycles. The van der Waals surface area contributed by atoms with E-state index in [0.29, 0.717) is 10.8 Å². The molecule has 0 saturated carbocycles. The van der Waals surface area contributed by atoms with E-state index < -0.39 is 16.1 Å². The van der Waals surface area contributed by atoms with Gasteiger partial charge < -0.3 is 24.8 Å². The first-order valence-electron chi connectivity index (χ1n) is 9.99. The first kappa shape index (κ1) is 34.2. The minimum atomic E-state index is -1.14. The van der Waals surface area contributed by atoms with Crippen LogP contribution in [0.3, 0.4) is 0 Å². The van der Waals surface area contributed by atoms with Crippen LogP contribution in [0.2, 0.25) is 39.3 Å². The molecule has 0 saturated heterocycles. The van der Waals surface area contributed by atoms with E-state index in [9.17, 15) is 0 Å².